The Morgan fingerprint density at radius 3 is 2.46 bits per heavy atom. The van der Waals surface area contributed by atoms with Crippen molar-refractivity contribution in [3.8, 4) is 23.0 Å². The molecule has 24 heavy (non-hydrogen) atoms. The summed E-state index contributed by atoms with van der Waals surface area (Å²) in [6.07, 6.45) is 3.36. The van der Waals surface area contributed by atoms with Crippen LogP contribution in [0.3, 0.4) is 0 Å². The van der Waals surface area contributed by atoms with Crippen molar-refractivity contribution in [2.75, 3.05) is 7.11 Å². The van der Waals surface area contributed by atoms with Gasteiger partial charge in [0.15, 0.2) is 0 Å². The third kappa shape index (κ3) is 3.49. The van der Waals surface area contributed by atoms with E-state index in [1.54, 1.807) is 12.4 Å². The van der Waals surface area contributed by atoms with Crippen LogP contribution >= 0.6 is 0 Å². The number of rotatable bonds is 6. The minimum absolute atomic E-state index is 0.125. The molecule has 0 amide bonds. The molecule has 0 spiro atoms. The molecule has 0 aliphatic carbocycles. The van der Waals surface area contributed by atoms with Crippen molar-refractivity contribution in [1.82, 2.24) is 15.1 Å². The number of carbonyl (C=O) groups is 1. The summed E-state index contributed by atoms with van der Waals surface area (Å²) >= 11 is 0. The van der Waals surface area contributed by atoms with Crippen molar-refractivity contribution < 1.29 is 23.9 Å². The van der Waals surface area contributed by atoms with Gasteiger partial charge in [0.25, 0.3) is 5.88 Å². The molecule has 0 bridgehead atoms. The molecule has 0 saturated heterocycles. The van der Waals surface area contributed by atoms with Gasteiger partial charge in [-0.15, -0.1) is 0 Å². The molecule has 122 valence electrons. The van der Waals surface area contributed by atoms with Crippen LogP contribution in [0.2, 0.25) is 0 Å². The number of methoxy groups -OCH3 is 1. The highest BCUT2D eigenvalue weighted by Crippen LogP contribution is 2.20. The number of carboxylic acids is 1. The lowest BCUT2D eigenvalue weighted by Gasteiger charge is -2.05. The van der Waals surface area contributed by atoms with E-state index >= 15 is 0 Å². The maximum absolute atomic E-state index is 10.7. The average molecular weight is 327 g/mol. The number of benzene rings is 1. The van der Waals surface area contributed by atoms with Crippen molar-refractivity contribution in [3.05, 3.63) is 54.0 Å². The van der Waals surface area contributed by atoms with Crippen LogP contribution in [0.1, 0.15) is 16.1 Å². The highest BCUT2D eigenvalue weighted by atomic mass is 16.5. The molecular weight excluding hydrogens is 314 g/mol. The second-order valence-electron chi connectivity index (χ2n) is 4.78. The van der Waals surface area contributed by atoms with Crippen molar-refractivity contribution in [2.24, 2.45) is 0 Å². The number of hydrogen-bond acceptors (Lipinski definition) is 7. The molecule has 2 aromatic heterocycles. The van der Waals surface area contributed by atoms with Crippen LogP contribution in [0.5, 0.6) is 11.9 Å². The number of hydrogen-bond donors (Lipinski definition) is 1. The highest BCUT2D eigenvalue weighted by Gasteiger charge is 2.11. The molecule has 0 unspecified atom stereocenters. The molecule has 0 fully saturated rings. The fourth-order valence-corrected chi connectivity index (χ4v) is 1.95. The lowest BCUT2D eigenvalue weighted by atomic mass is 10.1. The van der Waals surface area contributed by atoms with E-state index in [-0.39, 0.29) is 18.2 Å². The van der Waals surface area contributed by atoms with E-state index in [0.29, 0.717) is 6.01 Å². The Bertz CT molecular complexity index is 828. The van der Waals surface area contributed by atoms with Gasteiger partial charge in [0.2, 0.25) is 5.76 Å². The number of carboxylic acid groups (broad SMARTS) is 1. The lowest BCUT2D eigenvalue weighted by molar-refractivity contribution is 0.0651. The van der Waals surface area contributed by atoms with Crippen molar-refractivity contribution >= 4 is 5.97 Å². The highest BCUT2D eigenvalue weighted by molar-refractivity contribution is 5.84. The van der Waals surface area contributed by atoms with E-state index in [1.165, 1.54) is 13.2 Å². The van der Waals surface area contributed by atoms with Crippen molar-refractivity contribution in [1.29, 1.82) is 0 Å². The monoisotopic (exact) mass is 327 g/mol. The maximum atomic E-state index is 10.7. The largest absolute Gasteiger partial charge is 0.475 e. The molecule has 1 aromatic carbocycles. The van der Waals surface area contributed by atoms with E-state index in [0.717, 1.165) is 16.7 Å². The topological polar surface area (TPSA) is 108 Å². The first-order valence-corrected chi connectivity index (χ1v) is 6.94. The second kappa shape index (κ2) is 6.78. The fraction of sp³-hybridized carbons (Fsp3) is 0.125. The van der Waals surface area contributed by atoms with Crippen LogP contribution in [-0.4, -0.2) is 33.3 Å². The van der Waals surface area contributed by atoms with Crippen molar-refractivity contribution in [2.45, 2.75) is 6.61 Å². The average Bonchev–Trinajstić information content (AvgIpc) is 3.10. The number of ether oxygens (including phenoxy) is 2. The first-order valence-electron chi connectivity index (χ1n) is 6.94. The van der Waals surface area contributed by atoms with Crippen LogP contribution in [0, 0.1) is 0 Å². The standard InChI is InChI=1S/C16H13N3O5/c1-22-16-17-7-12(8-18-16)11-4-2-10(3-5-11)9-23-14-6-13(15(20)21)24-19-14/h2-8H,9H2,1H3,(H,20,21). The minimum Gasteiger partial charge on any atom is -0.475 e. The summed E-state index contributed by atoms with van der Waals surface area (Å²) in [6.45, 7) is 0.241. The van der Waals surface area contributed by atoms with Crippen LogP contribution in [-0.2, 0) is 6.61 Å². The molecular formula is C16H13N3O5. The lowest BCUT2D eigenvalue weighted by Crippen LogP contribution is -1.96. The minimum atomic E-state index is -1.19. The molecule has 3 rings (SSSR count). The van der Waals surface area contributed by atoms with E-state index in [9.17, 15) is 4.79 Å². The van der Waals surface area contributed by atoms with Gasteiger partial charge in [-0.2, -0.15) is 0 Å². The Kier molecular flexibility index (Phi) is 4.37. The summed E-state index contributed by atoms with van der Waals surface area (Å²) < 4.78 is 14.9. The molecule has 0 atom stereocenters. The Labute approximate surface area is 136 Å². The first kappa shape index (κ1) is 15.5. The van der Waals surface area contributed by atoms with E-state index < -0.39 is 5.97 Å². The van der Waals surface area contributed by atoms with Gasteiger partial charge in [-0.1, -0.05) is 24.3 Å². The quantitative estimate of drug-likeness (QED) is 0.735. The van der Waals surface area contributed by atoms with Gasteiger partial charge in [-0.3, -0.25) is 0 Å². The molecule has 0 radical (unpaired) electrons. The number of aromatic carboxylic acids is 1. The number of aromatic nitrogens is 3. The van der Waals surface area contributed by atoms with Crippen LogP contribution in [0.15, 0.2) is 47.2 Å². The number of nitrogens with zero attached hydrogens (tertiary/aromatic N) is 3. The van der Waals surface area contributed by atoms with E-state index in [2.05, 4.69) is 19.6 Å². The molecule has 0 saturated carbocycles. The molecule has 2 heterocycles. The Balaban J connectivity index is 1.64. The van der Waals surface area contributed by atoms with Crippen LogP contribution in [0.25, 0.3) is 11.1 Å². The maximum Gasteiger partial charge on any atom is 0.374 e. The molecule has 8 heteroatoms. The zero-order valence-corrected chi connectivity index (χ0v) is 12.7. The SMILES string of the molecule is COc1ncc(-c2ccc(COc3cc(C(=O)O)on3)cc2)cn1. The summed E-state index contributed by atoms with van der Waals surface area (Å²) in [6, 6.07) is 9.14. The zero-order valence-electron chi connectivity index (χ0n) is 12.7. The van der Waals surface area contributed by atoms with Crippen LogP contribution < -0.4 is 9.47 Å². The summed E-state index contributed by atoms with van der Waals surface area (Å²) in [5.74, 6) is -1.33. The van der Waals surface area contributed by atoms with E-state index in [4.69, 9.17) is 14.6 Å². The normalized spacial score (nSPS) is 10.4. The Morgan fingerprint density at radius 2 is 1.88 bits per heavy atom. The smallest absolute Gasteiger partial charge is 0.374 e. The predicted octanol–water partition coefficient (Wildman–Crippen LogP) is 2.42. The Hall–Kier alpha value is -3.42. The zero-order chi connectivity index (χ0) is 16.9. The summed E-state index contributed by atoms with van der Waals surface area (Å²) in [5, 5.41) is 12.3. The molecule has 0 aliphatic heterocycles. The third-order valence-corrected chi connectivity index (χ3v) is 3.18. The first-order chi connectivity index (χ1) is 11.7. The Morgan fingerprint density at radius 1 is 1.17 bits per heavy atom. The van der Waals surface area contributed by atoms with Gasteiger partial charge in [0.05, 0.1) is 13.2 Å². The third-order valence-electron chi connectivity index (χ3n) is 3.18. The molecule has 8 nitrogen and oxygen atoms in total. The second-order valence-corrected chi connectivity index (χ2v) is 4.78. The van der Waals surface area contributed by atoms with Crippen molar-refractivity contribution in [3.63, 3.8) is 0 Å². The van der Waals surface area contributed by atoms with Gasteiger partial charge < -0.3 is 19.1 Å². The predicted molar refractivity (Wildman–Crippen MR) is 81.8 cm³/mol. The van der Waals surface area contributed by atoms with Crippen LogP contribution in [0.4, 0.5) is 0 Å². The van der Waals surface area contributed by atoms with Gasteiger partial charge in [-0.05, 0) is 16.3 Å². The van der Waals surface area contributed by atoms with Gasteiger partial charge in [0, 0.05) is 18.0 Å². The van der Waals surface area contributed by atoms with E-state index in [1.807, 2.05) is 24.3 Å². The molecule has 1 N–H and O–H groups in total. The summed E-state index contributed by atoms with van der Waals surface area (Å²) in [4.78, 5) is 18.8. The molecule has 0 aliphatic rings. The fourth-order valence-electron chi connectivity index (χ4n) is 1.95. The van der Waals surface area contributed by atoms with Gasteiger partial charge >= 0.3 is 12.0 Å². The summed E-state index contributed by atoms with van der Waals surface area (Å²) in [5.41, 5.74) is 2.72. The van der Waals surface area contributed by atoms with Gasteiger partial charge in [0.1, 0.15) is 6.61 Å². The molecule has 3 aromatic rings. The van der Waals surface area contributed by atoms with Gasteiger partial charge in [-0.25, -0.2) is 14.8 Å². The summed E-state index contributed by atoms with van der Waals surface area (Å²) in [7, 11) is 1.51.